The van der Waals surface area contributed by atoms with Gasteiger partial charge in [-0.1, -0.05) is 11.6 Å². The van der Waals surface area contributed by atoms with Gasteiger partial charge >= 0.3 is 0 Å². The minimum absolute atomic E-state index is 0.0439. The predicted octanol–water partition coefficient (Wildman–Crippen LogP) is 1.50. The van der Waals surface area contributed by atoms with E-state index in [0.29, 0.717) is 16.6 Å². The van der Waals surface area contributed by atoms with E-state index < -0.39 is 0 Å². The molecule has 0 aliphatic carbocycles. The Morgan fingerprint density at radius 2 is 2.39 bits per heavy atom. The van der Waals surface area contributed by atoms with Crippen molar-refractivity contribution in [2.24, 2.45) is 5.92 Å². The van der Waals surface area contributed by atoms with Gasteiger partial charge in [-0.15, -0.1) is 0 Å². The van der Waals surface area contributed by atoms with Crippen molar-refractivity contribution in [2.45, 2.75) is 12.8 Å². The van der Waals surface area contributed by atoms with E-state index in [1.54, 1.807) is 24.4 Å². The summed E-state index contributed by atoms with van der Waals surface area (Å²) in [7, 11) is 0. The SMILES string of the molecule is O=c1cc(CC2CCNC2)nc2cc(Cl)ccn12. The first-order valence-electron chi connectivity index (χ1n) is 6.11. The molecule has 18 heavy (non-hydrogen) atoms. The zero-order valence-corrected chi connectivity index (χ0v) is 10.7. The largest absolute Gasteiger partial charge is 0.316 e. The first-order valence-corrected chi connectivity index (χ1v) is 6.49. The van der Waals surface area contributed by atoms with Gasteiger partial charge in [-0.3, -0.25) is 9.20 Å². The van der Waals surface area contributed by atoms with Crippen molar-refractivity contribution in [3.8, 4) is 0 Å². The van der Waals surface area contributed by atoms with Crippen LogP contribution in [0.25, 0.3) is 5.65 Å². The second-order valence-electron chi connectivity index (χ2n) is 4.72. The maximum absolute atomic E-state index is 11.9. The number of nitrogens with zero attached hydrogens (tertiary/aromatic N) is 2. The van der Waals surface area contributed by atoms with E-state index in [9.17, 15) is 4.79 Å². The summed E-state index contributed by atoms with van der Waals surface area (Å²) in [6.07, 6.45) is 3.66. The molecule has 0 radical (unpaired) electrons. The van der Waals surface area contributed by atoms with Crippen molar-refractivity contribution in [2.75, 3.05) is 13.1 Å². The van der Waals surface area contributed by atoms with E-state index in [-0.39, 0.29) is 5.56 Å². The Kier molecular flexibility index (Phi) is 3.06. The van der Waals surface area contributed by atoms with Gasteiger partial charge in [0.05, 0.1) is 0 Å². The lowest BCUT2D eigenvalue weighted by Gasteiger charge is -2.08. The number of rotatable bonds is 2. The maximum Gasteiger partial charge on any atom is 0.258 e. The van der Waals surface area contributed by atoms with Gasteiger partial charge in [-0.2, -0.15) is 0 Å². The summed E-state index contributed by atoms with van der Waals surface area (Å²) in [6, 6.07) is 5.04. The molecule has 0 amide bonds. The molecule has 0 aromatic carbocycles. The summed E-state index contributed by atoms with van der Waals surface area (Å²) in [5.41, 5.74) is 1.43. The molecule has 1 saturated heterocycles. The van der Waals surface area contributed by atoms with E-state index in [2.05, 4.69) is 10.3 Å². The third-order valence-electron chi connectivity index (χ3n) is 3.34. The molecule has 2 aromatic rings. The Bertz CT molecular complexity index is 632. The summed E-state index contributed by atoms with van der Waals surface area (Å²) in [6.45, 7) is 2.07. The van der Waals surface area contributed by atoms with Crippen LogP contribution in [0.2, 0.25) is 5.02 Å². The summed E-state index contributed by atoms with van der Waals surface area (Å²) in [5, 5.41) is 3.92. The Labute approximate surface area is 110 Å². The van der Waals surface area contributed by atoms with Crippen LogP contribution in [0.15, 0.2) is 29.2 Å². The molecule has 2 aromatic heterocycles. The summed E-state index contributed by atoms with van der Waals surface area (Å²) < 4.78 is 1.52. The molecule has 5 heteroatoms. The zero-order chi connectivity index (χ0) is 12.5. The quantitative estimate of drug-likeness (QED) is 0.893. The number of fused-ring (bicyclic) bond motifs is 1. The molecule has 94 valence electrons. The monoisotopic (exact) mass is 263 g/mol. The van der Waals surface area contributed by atoms with Crippen molar-refractivity contribution in [1.82, 2.24) is 14.7 Å². The lowest BCUT2D eigenvalue weighted by molar-refractivity contribution is 0.571. The molecule has 3 heterocycles. The molecule has 0 saturated carbocycles. The molecule has 1 unspecified atom stereocenters. The van der Waals surface area contributed by atoms with Crippen molar-refractivity contribution in [3.05, 3.63) is 45.5 Å². The van der Waals surface area contributed by atoms with Gasteiger partial charge in [0.2, 0.25) is 0 Å². The van der Waals surface area contributed by atoms with Crippen molar-refractivity contribution in [3.63, 3.8) is 0 Å². The number of nitrogens with one attached hydrogen (secondary N) is 1. The summed E-state index contributed by atoms with van der Waals surface area (Å²) >= 11 is 5.93. The van der Waals surface area contributed by atoms with Crippen LogP contribution in [0.3, 0.4) is 0 Å². The molecule has 0 spiro atoms. The second kappa shape index (κ2) is 4.71. The van der Waals surface area contributed by atoms with Gasteiger partial charge in [0.25, 0.3) is 5.56 Å². The molecule has 1 N–H and O–H groups in total. The maximum atomic E-state index is 11.9. The highest BCUT2D eigenvalue weighted by molar-refractivity contribution is 6.30. The van der Waals surface area contributed by atoms with E-state index in [4.69, 9.17) is 11.6 Å². The molecule has 1 aliphatic heterocycles. The normalized spacial score (nSPS) is 19.5. The fraction of sp³-hybridized carbons (Fsp3) is 0.385. The molecule has 3 rings (SSSR count). The third kappa shape index (κ3) is 2.26. The number of hydrogen-bond acceptors (Lipinski definition) is 3. The highest BCUT2D eigenvalue weighted by Gasteiger charge is 2.16. The number of aromatic nitrogens is 2. The Morgan fingerprint density at radius 1 is 1.50 bits per heavy atom. The smallest absolute Gasteiger partial charge is 0.258 e. The molecule has 0 bridgehead atoms. The minimum atomic E-state index is -0.0439. The van der Waals surface area contributed by atoms with Crippen molar-refractivity contribution >= 4 is 17.2 Å². The number of pyridine rings is 1. The molecular weight excluding hydrogens is 250 g/mol. The lowest BCUT2D eigenvalue weighted by Crippen LogP contribution is -2.17. The standard InChI is InChI=1S/C13H14ClN3O/c14-10-2-4-17-12(6-10)16-11(7-13(17)18)5-9-1-3-15-8-9/h2,4,6-7,9,15H,1,3,5,8H2. The fourth-order valence-electron chi connectivity index (χ4n) is 2.42. The van der Waals surface area contributed by atoms with Crippen molar-refractivity contribution in [1.29, 1.82) is 0 Å². The van der Waals surface area contributed by atoms with Gasteiger partial charge in [-0.25, -0.2) is 4.98 Å². The van der Waals surface area contributed by atoms with E-state index in [0.717, 1.165) is 31.6 Å². The fourth-order valence-corrected chi connectivity index (χ4v) is 2.57. The highest BCUT2D eigenvalue weighted by atomic mass is 35.5. The Balaban J connectivity index is 2.00. The first kappa shape index (κ1) is 11.7. The molecule has 1 fully saturated rings. The Hall–Kier alpha value is -1.39. The highest BCUT2D eigenvalue weighted by Crippen LogP contribution is 2.14. The Morgan fingerprint density at radius 3 is 3.17 bits per heavy atom. The van der Waals surface area contributed by atoms with Crippen LogP contribution in [0.1, 0.15) is 12.1 Å². The minimum Gasteiger partial charge on any atom is -0.316 e. The van der Waals surface area contributed by atoms with Crippen LogP contribution < -0.4 is 10.9 Å². The van der Waals surface area contributed by atoms with Gasteiger partial charge in [0.1, 0.15) is 5.65 Å². The zero-order valence-electron chi connectivity index (χ0n) is 9.90. The summed E-state index contributed by atoms with van der Waals surface area (Å²) in [4.78, 5) is 16.5. The summed E-state index contributed by atoms with van der Waals surface area (Å²) in [5.74, 6) is 0.582. The first-order chi connectivity index (χ1) is 8.72. The van der Waals surface area contributed by atoms with E-state index in [1.165, 1.54) is 4.40 Å². The van der Waals surface area contributed by atoms with Crippen LogP contribution in [0, 0.1) is 5.92 Å². The molecule has 4 nitrogen and oxygen atoms in total. The molecule has 1 aliphatic rings. The van der Waals surface area contributed by atoms with Crippen LogP contribution in [0.4, 0.5) is 0 Å². The lowest BCUT2D eigenvalue weighted by atomic mass is 10.0. The van der Waals surface area contributed by atoms with Gasteiger partial charge in [-0.05, 0) is 37.9 Å². The topological polar surface area (TPSA) is 46.4 Å². The predicted molar refractivity (Wildman–Crippen MR) is 71.2 cm³/mol. The van der Waals surface area contributed by atoms with E-state index in [1.807, 2.05) is 0 Å². The average molecular weight is 264 g/mol. The average Bonchev–Trinajstić information content (AvgIpc) is 2.81. The third-order valence-corrected chi connectivity index (χ3v) is 3.58. The van der Waals surface area contributed by atoms with Crippen LogP contribution in [-0.4, -0.2) is 22.5 Å². The van der Waals surface area contributed by atoms with Crippen LogP contribution in [0.5, 0.6) is 0 Å². The van der Waals surface area contributed by atoms with Crippen LogP contribution in [-0.2, 0) is 6.42 Å². The van der Waals surface area contributed by atoms with E-state index >= 15 is 0 Å². The second-order valence-corrected chi connectivity index (χ2v) is 5.16. The van der Waals surface area contributed by atoms with Gasteiger partial charge < -0.3 is 5.32 Å². The molecular formula is C13H14ClN3O. The van der Waals surface area contributed by atoms with Crippen LogP contribution >= 0.6 is 11.6 Å². The van der Waals surface area contributed by atoms with Gasteiger partial charge in [0.15, 0.2) is 0 Å². The van der Waals surface area contributed by atoms with Gasteiger partial charge in [0, 0.05) is 29.0 Å². The number of hydrogen-bond donors (Lipinski definition) is 1. The van der Waals surface area contributed by atoms with Crippen molar-refractivity contribution < 1.29 is 0 Å². The number of halogens is 1. The molecule has 1 atom stereocenters.